The minimum atomic E-state index is -0.392. The van der Waals surface area contributed by atoms with E-state index in [1.165, 1.54) is 0 Å². The molecule has 0 N–H and O–H groups in total. The van der Waals surface area contributed by atoms with Crippen LogP contribution >= 0.6 is 0 Å². The van der Waals surface area contributed by atoms with E-state index in [0.29, 0.717) is 22.4 Å². The van der Waals surface area contributed by atoms with Gasteiger partial charge in [-0.2, -0.15) is 0 Å². The Bertz CT molecular complexity index is 1640. The molecule has 0 saturated carbocycles. The second-order valence-electron chi connectivity index (χ2n) is 7.41. The van der Waals surface area contributed by atoms with E-state index >= 15 is 0 Å². The Morgan fingerprint density at radius 1 is 0.677 bits per heavy atom. The molecule has 4 nitrogen and oxygen atoms in total. The van der Waals surface area contributed by atoms with Gasteiger partial charge in [0.15, 0.2) is 0 Å². The molecule has 0 amide bonds. The summed E-state index contributed by atoms with van der Waals surface area (Å²) in [5.74, 6) is 0. The van der Waals surface area contributed by atoms with E-state index in [4.69, 9.17) is 9.40 Å². The topological polar surface area (TPSA) is 56.0 Å². The fourth-order valence-electron chi connectivity index (χ4n) is 4.16. The third-order valence-electron chi connectivity index (χ3n) is 5.56. The molecule has 0 atom stereocenters. The fraction of sp³-hybridized carbons (Fsp3) is 0. The van der Waals surface area contributed by atoms with Crippen molar-refractivity contribution in [3.8, 4) is 22.6 Å². The molecule has 3 aromatic carbocycles. The second kappa shape index (κ2) is 6.89. The first-order chi connectivity index (χ1) is 15.3. The van der Waals surface area contributed by atoms with Gasteiger partial charge in [0, 0.05) is 22.5 Å². The summed E-state index contributed by atoms with van der Waals surface area (Å²) in [5.41, 5.74) is 3.10. The molecule has 0 fully saturated rings. The number of rotatable bonds is 2. The summed E-state index contributed by atoms with van der Waals surface area (Å²) >= 11 is 0. The van der Waals surface area contributed by atoms with Gasteiger partial charge >= 0.3 is 5.63 Å². The lowest BCUT2D eigenvalue weighted by atomic mass is 9.97. The molecular weight excluding hydrogens is 384 g/mol. The second-order valence-corrected chi connectivity index (χ2v) is 7.41. The van der Waals surface area contributed by atoms with Crippen molar-refractivity contribution in [2.45, 2.75) is 0 Å². The van der Waals surface area contributed by atoms with Crippen LogP contribution in [0.25, 0.3) is 55.2 Å². The summed E-state index contributed by atoms with van der Waals surface area (Å²) < 4.78 is 5.78. The summed E-state index contributed by atoms with van der Waals surface area (Å²) in [5, 5.41) is 4.32. The van der Waals surface area contributed by atoms with E-state index in [2.05, 4.69) is 17.1 Å². The number of benzene rings is 3. The maximum absolute atomic E-state index is 13.1. The molecule has 0 bridgehead atoms. The van der Waals surface area contributed by atoms with Crippen LogP contribution < -0.4 is 5.63 Å². The Labute approximate surface area is 177 Å². The van der Waals surface area contributed by atoms with Gasteiger partial charge in [0.1, 0.15) is 5.58 Å². The normalized spacial score (nSPS) is 11.4. The van der Waals surface area contributed by atoms with Crippen LogP contribution in [0.3, 0.4) is 0 Å². The lowest BCUT2D eigenvalue weighted by molar-refractivity contribution is 0.570. The molecule has 3 aromatic heterocycles. The van der Waals surface area contributed by atoms with Crippen LogP contribution in [0.5, 0.6) is 0 Å². The minimum absolute atomic E-state index is 0.392. The Kier molecular flexibility index (Phi) is 3.90. The third kappa shape index (κ3) is 2.81. The number of hydrogen-bond donors (Lipinski definition) is 0. The molecule has 0 aliphatic heterocycles. The van der Waals surface area contributed by atoms with Crippen molar-refractivity contribution in [1.29, 1.82) is 0 Å². The molecule has 146 valence electrons. The van der Waals surface area contributed by atoms with Gasteiger partial charge in [0.25, 0.3) is 0 Å². The summed E-state index contributed by atoms with van der Waals surface area (Å²) in [7, 11) is 0. The quantitative estimate of drug-likeness (QED) is 0.256. The van der Waals surface area contributed by atoms with Crippen LogP contribution in [0.4, 0.5) is 0 Å². The molecule has 4 heteroatoms. The van der Waals surface area contributed by atoms with Crippen molar-refractivity contribution in [2.75, 3.05) is 0 Å². The molecule has 6 rings (SSSR count). The third-order valence-corrected chi connectivity index (χ3v) is 5.56. The van der Waals surface area contributed by atoms with Crippen LogP contribution in [0.2, 0.25) is 0 Å². The van der Waals surface area contributed by atoms with Gasteiger partial charge in [-0.25, -0.2) is 9.78 Å². The monoisotopic (exact) mass is 400 g/mol. The number of nitrogens with zero attached hydrogens (tertiary/aromatic N) is 2. The minimum Gasteiger partial charge on any atom is -0.422 e. The van der Waals surface area contributed by atoms with E-state index in [9.17, 15) is 4.79 Å². The van der Waals surface area contributed by atoms with Gasteiger partial charge in [-0.1, -0.05) is 66.7 Å². The summed E-state index contributed by atoms with van der Waals surface area (Å²) in [6, 6.07) is 29.4. The highest BCUT2D eigenvalue weighted by molar-refractivity contribution is 6.20. The standard InChI is InChI=1S/C27H16N2O2/c30-27-25-20(24-19-11-5-4-8-17(19)13-14-23(24)31-27)16-22(21-12-6-7-15-28-21)29-26(25)18-9-2-1-3-10-18/h1-16H. The predicted octanol–water partition coefficient (Wildman–Crippen LogP) is 6.22. The summed E-state index contributed by atoms with van der Waals surface area (Å²) in [6.07, 6.45) is 1.75. The van der Waals surface area contributed by atoms with Gasteiger partial charge < -0.3 is 4.42 Å². The maximum atomic E-state index is 13.1. The number of pyridine rings is 2. The first-order valence-electron chi connectivity index (χ1n) is 10.1. The summed E-state index contributed by atoms with van der Waals surface area (Å²) in [4.78, 5) is 22.5. The average Bonchev–Trinajstić information content (AvgIpc) is 2.84. The van der Waals surface area contributed by atoms with Crippen LogP contribution in [0.1, 0.15) is 0 Å². The van der Waals surface area contributed by atoms with E-state index in [0.717, 1.165) is 32.8 Å². The van der Waals surface area contributed by atoms with E-state index in [-0.39, 0.29) is 0 Å². The number of hydrogen-bond acceptors (Lipinski definition) is 4. The predicted molar refractivity (Wildman–Crippen MR) is 124 cm³/mol. The molecule has 0 saturated heterocycles. The van der Waals surface area contributed by atoms with Gasteiger partial charge in [0.05, 0.1) is 22.5 Å². The first kappa shape index (κ1) is 17.5. The molecule has 6 aromatic rings. The van der Waals surface area contributed by atoms with Crippen LogP contribution in [0.15, 0.2) is 106 Å². The SMILES string of the molecule is O=c1oc2ccc3ccccc3c2c2cc(-c3ccccn3)nc(-c3ccccc3)c12. The van der Waals surface area contributed by atoms with Gasteiger partial charge in [-0.05, 0) is 35.0 Å². The molecule has 31 heavy (non-hydrogen) atoms. The zero-order valence-corrected chi connectivity index (χ0v) is 16.4. The average molecular weight is 400 g/mol. The van der Waals surface area contributed by atoms with Crippen LogP contribution in [-0.4, -0.2) is 9.97 Å². The van der Waals surface area contributed by atoms with Gasteiger partial charge in [-0.3, -0.25) is 4.98 Å². The number of fused-ring (bicyclic) bond motifs is 5. The summed E-state index contributed by atoms with van der Waals surface area (Å²) in [6.45, 7) is 0. The van der Waals surface area contributed by atoms with Crippen molar-refractivity contribution in [3.05, 3.63) is 108 Å². The van der Waals surface area contributed by atoms with Crippen molar-refractivity contribution < 1.29 is 4.42 Å². The number of aromatic nitrogens is 2. The lowest BCUT2D eigenvalue weighted by Gasteiger charge is -2.12. The highest BCUT2D eigenvalue weighted by atomic mass is 16.4. The first-order valence-corrected chi connectivity index (χ1v) is 10.1. The molecule has 0 radical (unpaired) electrons. The molecule has 0 aliphatic rings. The van der Waals surface area contributed by atoms with Gasteiger partial charge in [-0.15, -0.1) is 0 Å². The highest BCUT2D eigenvalue weighted by Crippen LogP contribution is 2.36. The Morgan fingerprint density at radius 3 is 2.32 bits per heavy atom. The van der Waals surface area contributed by atoms with Crippen LogP contribution in [-0.2, 0) is 0 Å². The zero-order chi connectivity index (χ0) is 20.8. The highest BCUT2D eigenvalue weighted by Gasteiger charge is 2.18. The maximum Gasteiger partial charge on any atom is 0.346 e. The molecule has 3 heterocycles. The van der Waals surface area contributed by atoms with Crippen molar-refractivity contribution in [1.82, 2.24) is 9.97 Å². The molecule has 0 aliphatic carbocycles. The van der Waals surface area contributed by atoms with Crippen LogP contribution in [0, 0.1) is 0 Å². The van der Waals surface area contributed by atoms with Crippen molar-refractivity contribution in [3.63, 3.8) is 0 Å². The Hall–Kier alpha value is -4.31. The van der Waals surface area contributed by atoms with E-state index < -0.39 is 5.63 Å². The largest absolute Gasteiger partial charge is 0.422 e. The van der Waals surface area contributed by atoms with Gasteiger partial charge in [0.2, 0.25) is 0 Å². The molecule has 0 unspecified atom stereocenters. The Balaban J connectivity index is 1.86. The lowest BCUT2D eigenvalue weighted by Crippen LogP contribution is -2.05. The van der Waals surface area contributed by atoms with Crippen molar-refractivity contribution >= 4 is 32.5 Å². The van der Waals surface area contributed by atoms with Crippen molar-refractivity contribution in [2.24, 2.45) is 0 Å². The fourth-order valence-corrected chi connectivity index (χ4v) is 4.16. The van der Waals surface area contributed by atoms with E-state index in [1.807, 2.05) is 78.9 Å². The smallest absolute Gasteiger partial charge is 0.346 e. The Morgan fingerprint density at radius 2 is 1.48 bits per heavy atom. The molecule has 0 spiro atoms. The molecular formula is C27H16N2O2. The zero-order valence-electron chi connectivity index (χ0n) is 16.4. The van der Waals surface area contributed by atoms with E-state index in [1.54, 1.807) is 6.20 Å².